The van der Waals surface area contributed by atoms with E-state index in [-0.39, 0.29) is 18.1 Å². The average molecular weight is 291 g/mol. The fourth-order valence-electron chi connectivity index (χ4n) is 2.43. The number of nitrogens with zero attached hydrogens (tertiary/aromatic N) is 1. The van der Waals surface area contributed by atoms with Gasteiger partial charge in [-0.15, -0.1) is 0 Å². The van der Waals surface area contributed by atoms with E-state index in [4.69, 9.17) is 4.42 Å². The third kappa shape index (κ3) is 3.95. The van der Waals surface area contributed by atoms with Gasteiger partial charge in [-0.05, 0) is 30.9 Å². The highest BCUT2D eigenvalue weighted by atomic mass is 16.3. The van der Waals surface area contributed by atoms with Crippen molar-refractivity contribution in [3.8, 4) is 11.5 Å². The fraction of sp³-hybridized carbons (Fsp3) is 0.562. The van der Waals surface area contributed by atoms with E-state index in [2.05, 4.69) is 36.3 Å². The summed E-state index contributed by atoms with van der Waals surface area (Å²) in [5.74, 6) is 1.68. The van der Waals surface area contributed by atoms with Crippen molar-refractivity contribution in [2.75, 3.05) is 6.61 Å². The van der Waals surface area contributed by atoms with E-state index in [1.165, 1.54) is 0 Å². The second-order valence-electron chi connectivity index (χ2n) is 6.49. The van der Waals surface area contributed by atoms with Gasteiger partial charge in [0.2, 0.25) is 0 Å². The molecule has 1 atom stereocenters. The van der Waals surface area contributed by atoms with Gasteiger partial charge in [0.15, 0.2) is 5.76 Å². The largest absolute Gasteiger partial charge is 0.460 e. The molecule has 1 unspecified atom stereocenters. The van der Waals surface area contributed by atoms with Crippen molar-refractivity contribution < 1.29 is 9.52 Å². The quantitative estimate of drug-likeness (QED) is 0.765. The Hall–Kier alpha value is -1.59. The van der Waals surface area contributed by atoms with Crippen LogP contribution in [0.15, 0.2) is 22.7 Å². The van der Waals surface area contributed by atoms with Crippen LogP contribution in [0.4, 0.5) is 0 Å². The molecule has 0 saturated heterocycles. The van der Waals surface area contributed by atoms with E-state index < -0.39 is 0 Å². The van der Waals surface area contributed by atoms with Crippen LogP contribution < -0.4 is 5.32 Å². The average Bonchev–Trinajstić information content (AvgIpc) is 3.01. The standard InChI is InChI=1S/C16H25N3O2/c1-11-5-6-13(21-11)15-12(10-18-19-15)9-17-14(7-8-20)16(2,3)4/h5-6,10,14,17,20H,7-9H2,1-4H3,(H,18,19). The molecule has 0 aromatic carbocycles. The lowest BCUT2D eigenvalue weighted by Gasteiger charge is -2.31. The lowest BCUT2D eigenvalue weighted by molar-refractivity contribution is 0.196. The normalized spacial score (nSPS) is 13.6. The van der Waals surface area contributed by atoms with Crippen LogP contribution in [0, 0.1) is 12.3 Å². The van der Waals surface area contributed by atoms with Crippen molar-refractivity contribution in [1.82, 2.24) is 15.5 Å². The maximum Gasteiger partial charge on any atom is 0.152 e. The molecule has 3 N–H and O–H groups in total. The van der Waals surface area contributed by atoms with E-state index in [1.807, 2.05) is 25.3 Å². The SMILES string of the molecule is Cc1ccc(-c2[nH]ncc2CNC(CCO)C(C)(C)C)o1. The number of furan rings is 1. The molecule has 0 aliphatic rings. The summed E-state index contributed by atoms with van der Waals surface area (Å²) < 4.78 is 5.65. The van der Waals surface area contributed by atoms with Gasteiger partial charge >= 0.3 is 0 Å². The minimum absolute atomic E-state index is 0.0912. The van der Waals surface area contributed by atoms with E-state index in [0.717, 1.165) is 29.2 Å². The van der Waals surface area contributed by atoms with Crippen molar-refractivity contribution in [2.45, 2.75) is 46.7 Å². The van der Waals surface area contributed by atoms with Crippen molar-refractivity contribution in [3.05, 3.63) is 29.7 Å². The lowest BCUT2D eigenvalue weighted by Crippen LogP contribution is -2.40. The molecule has 0 radical (unpaired) electrons. The first-order valence-corrected chi connectivity index (χ1v) is 7.35. The Bertz CT molecular complexity index is 566. The number of aromatic amines is 1. The Morgan fingerprint density at radius 1 is 1.38 bits per heavy atom. The molecule has 5 nitrogen and oxygen atoms in total. The molecule has 21 heavy (non-hydrogen) atoms. The first kappa shape index (κ1) is 15.8. The third-order valence-corrected chi connectivity index (χ3v) is 3.71. The Labute approximate surface area is 125 Å². The van der Waals surface area contributed by atoms with Gasteiger partial charge in [-0.1, -0.05) is 20.8 Å². The first-order valence-electron chi connectivity index (χ1n) is 7.35. The summed E-state index contributed by atoms with van der Waals surface area (Å²) in [6, 6.07) is 4.13. The molecule has 0 spiro atoms. The highest BCUT2D eigenvalue weighted by Gasteiger charge is 2.24. The summed E-state index contributed by atoms with van der Waals surface area (Å²) in [5.41, 5.74) is 2.07. The molecule has 116 valence electrons. The Balaban J connectivity index is 2.09. The number of hydrogen-bond acceptors (Lipinski definition) is 4. The second-order valence-corrected chi connectivity index (χ2v) is 6.49. The minimum Gasteiger partial charge on any atom is -0.460 e. The molecule has 2 heterocycles. The zero-order valence-corrected chi connectivity index (χ0v) is 13.2. The maximum atomic E-state index is 9.22. The minimum atomic E-state index is 0.0912. The third-order valence-electron chi connectivity index (χ3n) is 3.71. The summed E-state index contributed by atoms with van der Waals surface area (Å²) >= 11 is 0. The van der Waals surface area contributed by atoms with Gasteiger partial charge in [0.25, 0.3) is 0 Å². The molecule has 0 fully saturated rings. The molecule has 2 aromatic rings. The lowest BCUT2D eigenvalue weighted by atomic mass is 9.85. The number of aryl methyl sites for hydroxylation is 1. The van der Waals surface area contributed by atoms with Crippen molar-refractivity contribution in [1.29, 1.82) is 0 Å². The van der Waals surface area contributed by atoms with Gasteiger partial charge in [-0.25, -0.2) is 0 Å². The topological polar surface area (TPSA) is 74.1 Å². The molecular formula is C16H25N3O2. The van der Waals surface area contributed by atoms with Crippen LogP contribution >= 0.6 is 0 Å². The molecular weight excluding hydrogens is 266 g/mol. The van der Waals surface area contributed by atoms with E-state index >= 15 is 0 Å². The van der Waals surface area contributed by atoms with Gasteiger partial charge in [-0.2, -0.15) is 5.10 Å². The molecule has 0 bridgehead atoms. The zero-order valence-electron chi connectivity index (χ0n) is 13.2. The van der Waals surface area contributed by atoms with Crippen molar-refractivity contribution in [3.63, 3.8) is 0 Å². The number of hydrogen-bond donors (Lipinski definition) is 3. The van der Waals surface area contributed by atoms with Crippen LogP contribution in [0.25, 0.3) is 11.5 Å². The zero-order chi connectivity index (χ0) is 15.5. The molecule has 0 amide bonds. The highest BCUT2D eigenvalue weighted by Crippen LogP contribution is 2.25. The van der Waals surface area contributed by atoms with E-state index in [1.54, 1.807) is 0 Å². The molecule has 0 saturated carbocycles. The predicted molar refractivity (Wildman–Crippen MR) is 82.8 cm³/mol. The Kier molecular flexibility index (Phi) is 4.85. The van der Waals surface area contributed by atoms with Gasteiger partial charge < -0.3 is 14.8 Å². The van der Waals surface area contributed by atoms with Crippen LogP contribution in [-0.2, 0) is 6.54 Å². The van der Waals surface area contributed by atoms with Crippen LogP contribution in [0.1, 0.15) is 38.5 Å². The number of H-pyrrole nitrogens is 1. The van der Waals surface area contributed by atoms with Gasteiger partial charge in [0.05, 0.1) is 6.20 Å². The van der Waals surface area contributed by atoms with E-state index in [9.17, 15) is 5.11 Å². The number of nitrogens with one attached hydrogen (secondary N) is 2. The molecule has 2 rings (SSSR count). The van der Waals surface area contributed by atoms with Gasteiger partial charge in [-0.3, -0.25) is 5.10 Å². The molecule has 5 heteroatoms. The fourth-order valence-corrected chi connectivity index (χ4v) is 2.43. The predicted octanol–water partition coefficient (Wildman–Crippen LogP) is 2.86. The van der Waals surface area contributed by atoms with Gasteiger partial charge in [0, 0.05) is 24.8 Å². The number of aliphatic hydroxyl groups is 1. The van der Waals surface area contributed by atoms with Crippen LogP contribution in [0.5, 0.6) is 0 Å². The van der Waals surface area contributed by atoms with E-state index in [0.29, 0.717) is 6.54 Å². The second kappa shape index (κ2) is 6.45. The smallest absolute Gasteiger partial charge is 0.152 e. The monoisotopic (exact) mass is 291 g/mol. The highest BCUT2D eigenvalue weighted by molar-refractivity contribution is 5.56. The van der Waals surface area contributed by atoms with Crippen LogP contribution in [0.2, 0.25) is 0 Å². The Morgan fingerprint density at radius 3 is 2.71 bits per heavy atom. The summed E-state index contributed by atoms with van der Waals surface area (Å²) in [6.07, 6.45) is 2.55. The first-order chi connectivity index (χ1) is 9.91. The number of aliphatic hydroxyl groups excluding tert-OH is 1. The Morgan fingerprint density at radius 2 is 2.14 bits per heavy atom. The van der Waals surface area contributed by atoms with Gasteiger partial charge in [0.1, 0.15) is 11.5 Å². The van der Waals surface area contributed by atoms with Crippen molar-refractivity contribution in [2.24, 2.45) is 5.41 Å². The summed E-state index contributed by atoms with van der Waals surface area (Å²) in [6.45, 7) is 9.32. The summed E-state index contributed by atoms with van der Waals surface area (Å²) in [5, 5.41) is 19.9. The van der Waals surface area contributed by atoms with Crippen LogP contribution in [-0.4, -0.2) is 28.0 Å². The number of aromatic nitrogens is 2. The van der Waals surface area contributed by atoms with Crippen LogP contribution in [0.3, 0.4) is 0 Å². The summed E-state index contributed by atoms with van der Waals surface area (Å²) in [7, 11) is 0. The molecule has 0 aliphatic heterocycles. The number of rotatable bonds is 6. The maximum absolute atomic E-state index is 9.22. The summed E-state index contributed by atoms with van der Waals surface area (Å²) in [4.78, 5) is 0. The molecule has 2 aromatic heterocycles. The van der Waals surface area contributed by atoms with Crippen molar-refractivity contribution >= 4 is 0 Å². The molecule has 0 aliphatic carbocycles.